The van der Waals surface area contributed by atoms with Crippen LogP contribution in [0.5, 0.6) is 0 Å². The van der Waals surface area contributed by atoms with Crippen molar-refractivity contribution in [3.8, 4) is 0 Å². The molecule has 0 aliphatic carbocycles. The van der Waals surface area contributed by atoms with Crippen LogP contribution < -0.4 is 16.4 Å². The predicted molar refractivity (Wildman–Crippen MR) is 77.2 cm³/mol. The number of halogens is 1. The second-order valence-corrected chi connectivity index (χ2v) is 6.48. The van der Waals surface area contributed by atoms with Crippen molar-refractivity contribution in [2.24, 2.45) is 5.73 Å². The predicted octanol–water partition coefficient (Wildman–Crippen LogP) is 1.03. The molecule has 0 aliphatic heterocycles. The first-order chi connectivity index (χ1) is 9.38. The van der Waals surface area contributed by atoms with Crippen molar-refractivity contribution in [1.29, 1.82) is 0 Å². The van der Waals surface area contributed by atoms with Gasteiger partial charge in [0.1, 0.15) is 6.04 Å². The molecule has 1 atom stereocenters. The van der Waals surface area contributed by atoms with E-state index in [4.69, 9.17) is 10.8 Å². The molecule has 1 heterocycles. The number of amides is 3. The van der Waals surface area contributed by atoms with E-state index >= 15 is 0 Å². The maximum atomic E-state index is 11.6. The average molecular weight is 364 g/mol. The summed E-state index contributed by atoms with van der Waals surface area (Å²) in [5, 5.41) is 13.8. The van der Waals surface area contributed by atoms with Crippen LogP contribution in [-0.2, 0) is 16.1 Å². The van der Waals surface area contributed by atoms with Gasteiger partial charge in [0.2, 0.25) is 5.91 Å². The number of hydrogen-bond acceptors (Lipinski definition) is 4. The lowest BCUT2D eigenvalue weighted by molar-refractivity contribution is -0.139. The lowest BCUT2D eigenvalue weighted by atomic mass is 10.1. The molecule has 1 aromatic rings. The van der Waals surface area contributed by atoms with Crippen molar-refractivity contribution >= 4 is 45.2 Å². The average Bonchev–Trinajstić information content (AvgIpc) is 2.77. The van der Waals surface area contributed by atoms with Gasteiger partial charge in [-0.15, -0.1) is 11.3 Å². The molecule has 0 saturated heterocycles. The number of rotatable bonds is 7. The summed E-state index contributed by atoms with van der Waals surface area (Å²) in [6, 6.07) is 1.95. The molecule has 9 heteroatoms. The Bertz CT molecular complexity index is 506. The van der Waals surface area contributed by atoms with Gasteiger partial charge < -0.3 is 21.5 Å². The summed E-state index contributed by atoms with van der Waals surface area (Å²) in [6.07, 6.45) is -0.141. The van der Waals surface area contributed by atoms with E-state index in [0.29, 0.717) is 6.54 Å². The minimum atomic E-state index is -1.21. The monoisotopic (exact) mass is 363 g/mol. The molecule has 5 N–H and O–H groups in total. The van der Waals surface area contributed by atoms with E-state index in [0.717, 1.165) is 8.66 Å². The van der Waals surface area contributed by atoms with Gasteiger partial charge in [-0.25, -0.2) is 9.59 Å². The second-order valence-electron chi connectivity index (χ2n) is 3.93. The van der Waals surface area contributed by atoms with Crippen molar-refractivity contribution in [1.82, 2.24) is 10.6 Å². The number of thiophene rings is 1. The summed E-state index contributed by atoms with van der Waals surface area (Å²) in [4.78, 5) is 34.1. The highest BCUT2D eigenvalue weighted by atomic mass is 79.9. The number of carbonyl (C=O) groups excluding carboxylic acids is 2. The molecule has 7 nitrogen and oxygen atoms in total. The van der Waals surface area contributed by atoms with Gasteiger partial charge in [-0.2, -0.15) is 0 Å². The molecular weight excluding hydrogens is 350 g/mol. The third-order valence-corrected chi connectivity index (χ3v) is 3.96. The molecule has 0 saturated carbocycles. The Kier molecular flexibility index (Phi) is 6.46. The number of nitrogens with one attached hydrogen (secondary N) is 2. The Morgan fingerprint density at radius 3 is 2.60 bits per heavy atom. The SMILES string of the molecule is NC(=O)CCC(NC(=O)NCc1ccc(Br)s1)C(=O)O. The zero-order valence-corrected chi connectivity index (χ0v) is 12.8. The summed E-state index contributed by atoms with van der Waals surface area (Å²) in [6.45, 7) is 0.296. The summed E-state index contributed by atoms with van der Waals surface area (Å²) in [7, 11) is 0. The Morgan fingerprint density at radius 2 is 2.10 bits per heavy atom. The molecule has 0 aromatic carbocycles. The smallest absolute Gasteiger partial charge is 0.326 e. The molecule has 1 rings (SSSR count). The van der Waals surface area contributed by atoms with E-state index < -0.39 is 23.9 Å². The van der Waals surface area contributed by atoms with Gasteiger partial charge in [0.25, 0.3) is 0 Å². The van der Waals surface area contributed by atoms with Crippen LogP contribution in [0.4, 0.5) is 4.79 Å². The molecule has 0 fully saturated rings. The number of nitrogens with two attached hydrogens (primary N) is 1. The van der Waals surface area contributed by atoms with Crippen LogP contribution in [0.2, 0.25) is 0 Å². The van der Waals surface area contributed by atoms with Crippen molar-refractivity contribution in [3.05, 3.63) is 20.8 Å². The molecule has 20 heavy (non-hydrogen) atoms. The summed E-state index contributed by atoms with van der Waals surface area (Å²) >= 11 is 4.77. The van der Waals surface area contributed by atoms with Gasteiger partial charge in [0, 0.05) is 11.3 Å². The maximum Gasteiger partial charge on any atom is 0.326 e. The number of aliphatic carboxylic acids is 1. The van der Waals surface area contributed by atoms with E-state index in [1.165, 1.54) is 11.3 Å². The number of carboxylic acids is 1. The van der Waals surface area contributed by atoms with Gasteiger partial charge in [-0.3, -0.25) is 4.79 Å². The number of primary amides is 1. The van der Waals surface area contributed by atoms with Gasteiger partial charge in [-0.05, 0) is 34.5 Å². The quantitative estimate of drug-likeness (QED) is 0.577. The zero-order chi connectivity index (χ0) is 15.1. The number of carbonyl (C=O) groups is 3. The normalized spacial score (nSPS) is 11.7. The minimum Gasteiger partial charge on any atom is -0.480 e. The van der Waals surface area contributed by atoms with Crippen molar-refractivity contribution in [2.75, 3.05) is 0 Å². The maximum absolute atomic E-state index is 11.6. The third-order valence-electron chi connectivity index (χ3n) is 2.33. The highest BCUT2D eigenvalue weighted by Crippen LogP contribution is 2.21. The summed E-state index contributed by atoms with van der Waals surface area (Å²) in [5.41, 5.74) is 4.95. The Labute approximate surface area is 127 Å². The fraction of sp³-hybridized carbons (Fsp3) is 0.364. The van der Waals surface area contributed by atoms with Crippen LogP contribution in [0.1, 0.15) is 17.7 Å². The second kappa shape index (κ2) is 7.85. The standard InChI is InChI=1S/C11H14BrN3O4S/c12-8-3-1-6(20-8)5-14-11(19)15-7(10(17)18)2-4-9(13)16/h1,3,7H,2,4-5H2,(H2,13,16)(H,17,18)(H2,14,15,19). The van der Waals surface area contributed by atoms with Crippen LogP contribution in [0.15, 0.2) is 15.9 Å². The first-order valence-corrected chi connectivity index (χ1v) is 7.29. The van der Waals surface area contributed by atoms with Crippen LogP contribution in [0.25, 0.3) is 0 Å². The molecular formula is C11H14BrN3O4S. The van der Waals surface area contributed by atoms with E-state index in [-0.39, 0.29) is 12.8 Å². The van der Waals surface area contributed by atoms with Crippen LogP contribution >= 0.6 is 27.3 Å². The van der Waals surface area contributed by atoms with E-state index in [1.54, 1.807) is 0 Å². The molecule has 0 bridgehead atoms. The molecule has 1 aromatic heterocycles. The van der Waals surface area contributed by atoms with Gasteiger partial charge >= 0.3 is 12.0 Å². The Hall–Kier alpha value is -1.61. The van der Waals surface area contributed by atoms with Crippen molar-refractivity contribution in [2.45, 2.75) is 25.4 Å². The first kappa shape index (κ1) is 16.4. The van der Waals surface area contributed by atoms with Gasteiger partial charge in [0.05, 0.1) is 10.3 Å². The largest absolute Gasteiger partial charge is 0.480 e. The lowest BCUT2D eigenvalue weighted by Gasteiger charge is -2.14. The molecule has 3 amide bonds. The molecule has 0 spiro atoms. The van der Waals surface area contributed by atoms with Gasteiger partial charge in [-0.1, -0.05) is 0 Å². The molecule has 110 valence electrons. The highest BCUT2D eigenvalue weighted by Gasteiger charge is 2.20. The molecule has 1 unspecified atom stereocenters. The van der Waals surface area contributed by atoms with E-state index in [9.17, 15) is 14.4 Å². The fourth-order valence-electron chi connectivity index (χ4n) is 1.37. The Balaban J connectivity index is 2.41. The van der Waals surface area contributed by atoms with E-state index in [1.807, 2.05) is 12.1 Å². The van der Waals surface area contributed by atoms with Gasteiger partial charge in [0.15, 0.2) is 0 Å². The number of hydrogen-bond donors (Lipinski definition) is 4. The Morgan fingerprint density at radius 1 is 1.40 bits per heavy atom. The van der Waals surface area contributed by atoms with Crippen molar-refractivity contribution < 1.29 is 19.5 Å². The van der Waals surface area contributed by atoms with Crippen LogP contribution in [-0.4, -0.2) is 29.1 Å². The summed E-state index contributed by atoms with van der Waals surface area (Å²) < 4.78 is 0.944. The third kappa shape index (κ3) is 6.02. The molecule has 0 aliphatic rings. The zero-order valence-electron chi connectivity index (χ0n) is 10.4. The minimum absolute atomic E-state index is 0.0391. The molecule has 0 radical (unpaired) electrons. The first-order valence-electron chi connectivity index (χ1n) is 5.68. The number of urea groups is 1. The topological polar surface area (TPSA) is 122 Å². The fourth-order valence-corrected chi connectivity index (χ4v) is 2.79. The highest BCUT2D eigenvalue weighted by molar-refractivity contribution is 9.11. The lowest BCUT2D eigenvalue weighted by Crippen LogP contribution is -2.46. The number of carboxylic acid groups (broad SMARTS) is 1. The van der Waals surface area contributed by atoms with Crippen LogP contribution in [0.3, 0.4) is 0 Å². The van der Waals surface area contributed by atoms with E-state index in [2.05, 4.69) is 26.6 Å². The summed E-state index contributed by atoms with van der Waals surface area (Å²) in [5.74, 6) is -1.82. The van der Waals surface area contributed by atoms with Crippen LogP contribution in [0, 0.1) is 0 Å². The van der Waals surface area contributed by atoms with Crippen molar-refractivity contribution in [3.63, 3.8) is 0 Å².